The zero-order chi connectivity index (χ0) is 14.7. The summed E-state index contributed by atoms with van der Waals surface area (Å²) in [5.41, 5.74) is 5.61. The van der Waals surface area contributed by atoms with E-state index in [0.717, 1.165) is 22.2 Å². The average molecular weight is 298 g/mol. The number of amides is 1. The maximum atomic E-state index is 12.3. The summed E-state index contributed by atoms with van der Waals surface area (Å²) in [5.74, 6) is -0.257. The van der Waals surface area contributed by atoms with Crippen LogP contribution in [0.4, 0.5) is 0 Å². The van der Waals surface area contributed by atoms with E-state index in [1.54, 1.807) is 17.4 Å². The molecule has 1 amide bonds. The molecule has 4 nitrogen and oxygen atoms in total. The molecular formula is C16H14N2O2S. The maximum Gasteiger partial charge on any atom is 0.275 e. The van der Waals surface area contributed by atoms with Gasteiger partial charge in [-0.1, -0.05) is 18.2 Å². The van der Waals surface area contributed by atoms with E-state index in [-0.39, 0.29) is 5.91 Å². The number of thiophene rings is 1. The van der Waals surface area contributed by atoms with Crippen molar-refractivity contribution in [1.29, 1.82) is 0 Å². The van der Waals surface area contributed by atoms with Crippen LogP contribution in [-0.2, 0) is 4.84 Å². The molecule has 3 rings (SSSR count). The van der Waals surface area contributed by atoms with Gasteiger partial charge in [-0.15, -0.1) is 0 Å². The van der Waals surface area contributed by atoms with Gasteiger partial charge in [0.1, 0.15) is 0 Å². The average Bonchev–Trinajstić information content (AvgIpc) is 3.06. The van der Waals surface area contributed by atoms with E-state index >= 15 is 0 Å². The molecule has 0 atom stereocenters. The van der Waals surface area contributed by atoms with Gasteiger partial charge < -0.3 is 0 Å². The number of hydrogen-bond donors (Lipinski definition) is 1. The minimum Gasteiger partial charge on any atom is -0.274 e. The Morgan fingerprint density at radius 3 is 2.95 bits per heavy atom. The zero-order valence-electron chi connectivity index (χ0n) is 11.5. The van der Waals surface area contributed by atoms with Gasteiger partial charge in [0.05, 0.1) is 23.4 Å². The molecule has 0 aliphatic carbocycles. The maximum absolute atomic E-state index is 12.3. The van der Waals surface area contributed by atoms with Crippen molar-refractivity contribution in [2.24, 2.45) is 0 Å². The largest absolute Gasteiger partial charge is 0.275 e. The van der Waals surface area contributed by atoms with Gasteiger partial charge in [0, 0.05) is 16.3 Å². The first-order chi connectivity index (χ1) is 10.3. The highest BCUT2D eigenvalue weighted by Crippen LogP contribution is 2.26. The van der Waals surface area contributed by atoms with E-state index in [2.05, 4.69) is 10.5 Å². The number of pyridine rings is 1. The van der Waals surface area contributed by atoms with Gasteiger partial charge in [0.15, 0.2) is 0 Å². The van der Waals surface area contributed by atoms with Crippen LogP contribution in [-0.4, -0.2) is 17.5 Å². The van der Waals surface area contributed by atoms with Crippen LogP contribution in [0.1, 0.15) is 17.3 Å². The van der Waals surface area contributed by atoms with Gasteiger partial charge in [-0.05, 0) is 30.5 Å². The number of nitrogens with zero attached hydrogens (tertiary/aromatic N) is 1. The molecule has 0 aliphatic rings. The third kappa shape index (κ3) is 2.79. The normalized spacial score (nSPS) is 10.7. The molecule has 106 valence electrons. The van der Waals surface area contributed by atoms with Crippen molar-refractivity contribution in [1.82, 2.24) is 10.5 Å². The SMILES string of the molecule is CCONC(=O)c1cc(-c2ccsc2)nc2ccccc12. The summed E-state index contributed by atoms with van der Waals surface area (Å²) in [6.45, 7) is 2.24. The number of hydrogen-bond acceptors (Lipinski definition) is 4. The first-order valence-corrected chi connectivity index (χ1v) is 7.58. The summed E-state index contributed by atoms with van der Waals surface area (Å²) in [7, 11) is 0. The van der Waals surface area contributed by atoms with Crippen molar-refractivity contribution in [3.8, 4) is 11.3 Å². The van der Waals surface area contributed by atoms with E-state index in [1.165, 1.54) is 0 Å². The third-order valence-electron chi connectivity index (χ3n) is 3.09. The summed E-state index contributed by atoms with van der Waals surface area (Å²) in [6.07, 6.45) is 0. The summed E-state index contributed by atoms with van der Waals surface area (Å²) in [6, 6.07) is 11.4. The number of carbonyl (C=O) groups is 1. The molecule has 0 radical (unpaired) electrons. The van der Waals surface area contributed by atoms with Crippen molar-refractivity contribution >= 4 is 28.1 Å². The third-order valence-corrected chi connectivity index (χ3v) is 3.77. The number of hydroxylamine groups is 1. The van der Waals surface area contributed by atoms with Crippen molar-refractivity contribution in [2.75, 3.05) is 6.61 Å². The van der Waals surface area contributed by atoms with Crippen LogP contribution in [0, 0.1) is 0 Å². The predicted molar refractivity (Wildman–Crippen MR) is 84.1 cm³/mol. The van der Waals surface area contributed by atoms with E-state index < -0.39 is 0 Å². The molecule has 0 unspecified atom stereocenters. The fraction of sp³-hybridized carbons (Fsp3) is 0.125. The molecule has 0 fully saturated rings. The first kappa shape index (κ1) is 13.7. The Kier molecular flexibility index (Phi) is 3.94. The predicted octanol–water partition coefficient (Wildman–Crippen LogP) is 3.64. The van der Waals surface area contributed by atoms with Crippen LogP contribution in [0.15, 0.2) is 47.2 Å². The van der Waals surface area contributed by atoms with E-state index in [4.69, 9.17) is 4.84 Å². The lowest BCUT2D eigenvalue weighted by Gasteiger charge is -2.09. The van der Waals surface area contributed by atoms with Crippen molar-refractivity contribution in [3.63, 3.8) is 0 Å². The summed E-state index contributed by atoms with van der Waals surface area (Å²) in [4.78, 5) is 21.9. The molecule has 0 saturated carbocycles. The van der Waals surface area contributed by atoms with Crippen LogP contribution in [0.5, 0.6) is 0 Å². The smallest absolute Gasteiger partial charge is 0.274 e. The molecule has 0 aliphatic heterocycles. The molecule has 1 aromatic carbocycles. The highest BCUT2D eigenvalue weighted by atomic mass is 32.1. The lowest BCUT2D eigenvalue weighted by atomic mass is 10.1. The van der Waals surface area contributed by atoms with Crippen molar-refractivity contribution < 1.29 is 9.63 Å². The number of rotatable bonds is 4. The van der Waals surface area contributed by atoms with Gasteiger partial charge in [-0.3, -0.25) is 9.63 Å². The minimum absolute atomic E-state index is 0.257. The molecule has 21 heavy (non-hydrogen) atoms. The number of fused-ring (bicyclic) bond motifs is 1. The van der Waals surface area contributed by atoms with Crippen molar-refractivity contribution in [2.45, 2.75) is 6.92 Å². The second kappa shape index (κ2) is 6.03. The van der Waals surface area contributed by atoms with E-state index in [9.17, 15) is 4.79 Å². The van der Waals surface area contributed by atoms with E-state index in [1.807, 2.05) is 48.0 Å². The Balaban J connectivity index is 2.14. The summed E-state index contributed by atoms with van der Waals surface area (Å²) >= 11 is 1.60. The molecule has 2 heterocycles. The Hall–Kier alpha value is -2.24. The second-order valence-electron chi connectivity index (χ2n) is 4.45. The van der Waals surface area contributed by atoms with Crippen LogP contribution < -0.4 is 5.48 Å². The highest BCUT2D eigenvalue weighted by Gasteiger charge is 2.13. The molecule has 1 N–H and O–H groups in total. The molecule has 2 aromatic heterocycles. The number of benzene rings is 1. The van der Waals surface area contributed by atoms with Crippen LogP contribution in [0.2, 0.25) is 0 Å². The standard InChI is InChI=1S/C16H14N2O2S/c1-2-20-18-16(19)13-9-15(11-7-8-21-10-11)17-14-6-4-3-5-12(13)14/h3-10H,2H2,1H3,(H,18,19). The van der Waals surface area contributed by atoms with Crippen LogP contribution >= 0.6 is 11.3 Å². The number of aromatic nitrogens is 1. The number of para-hydroxylation sites is 1. The molecule has 5 heteroatoms. The van der Waals surface area contributed by atoms with Crippen molar-refractivity contribution in [3.05, 3.63) is 52.7 Å². The molecule has 0 spiro atoms. The topological polar surface area (TPSA) is 51.2 Å². The molecule has 3 aromatic rings. The lowest BCUT2D eigenvalue weighted by Crippen LogP contribution is -2.24. The number of nitrogens with one attached hydrogen (secondary N) is 1. The van der Waals surface area contributed by atoms with Gasteiger partial charge in [-0.25, -0.2) is 10.5 Å². The van der Waals surface area contributed by atoms with Crippen LogP contribution in [0.3, 0.4) is 0 Å². The van der Waals surface area contributed by atoms with Gasteiger partial charge in [0.25, 0.3) is 5.91 Å². The molecule has 0 bridgehead atoms. The Morgan fingerprint density at radius 1 is 1.33 bits per heavy atom. The summed E-state index contributed by atoms with van der Waals surface area (Å²) in [5, 5.41) is 4.82. The Labute approximate surface area is 126 Å². The van der Waals surface area contributed by atoms with Gasteiger partial charge in [0.2, 0.25) is 0 Å². The quantitative estimate of drug-likeness (QED) is 0.748. The second-order valence-corrected chi connectivity index (χ2v) is 5.23. The fourth-order valence-electron chi connectivity index (χ4n) is 2.11. The monoisotopic (exact) mass is 298 g/mol. The summed E-state index contributed by atoms with van der Waals surface area (Å²) < 4.78 is 0. The Morgan fingerprint density at radius 2 is 2.19 bits per heavy atom. The number of carbonyl (C=O) groups excluding carboxylic acids is 1. The Bertz CT molecular complexity index is 769. The van der Waals surface area contributed by atoms with Crippen LogP contribution in [0.25, 0.3) is 22.2 Å². The molecule has 0 saturated heterocycles. The highest BCUT2D eigenvalue weighted by molar-refractivity contribution is 7.08. The fourth-order valence-corrected chi connectivity index (χ4v) is 2.76. The zero-order valence-corrected chi connectivity index (χ0v) is 12.3. The minimum atomic E-state index is -0.257. The lowest BCUT2D eigenvalue weighted by molar-refractivity contribution is 0.0366. The first-order valence-electron chi connectivity index (χ1n) is 6.64. The van der Waals surface area contributed by atoms with Gasteiger partial charge >= 0.3 is 0 Å². The van der Waals surface area contributed by atoms with Gasteiger partial charge in [-0.2, -0.15) is 11.3 Å². The van der Waals surface area contributed by atoms with E-state index in [0.29, 0.717) is 12.2 Å². The molecular weight excluding hydrogens is 284 g/mol.